The number of hydrogen-bond acceptors (Lipinski definition) is 4. The fourth-order valence-electron chi connectivity index (χ4n) is 4.65. The average Bonchev–Trinajstić information content (AvgIpc) is 2.93. The predicted octanol–water partition coefficient (Wildman–Crippen LogP) is 2.59. The van der Waals surface area contributed by atoms with Crippen LogP contribution in [0.2, 0.25) is 0 Å². The van der Waals surface area contributed by atoms with Crippen LogP contribution in [-0.2, 0) is 9.47 Å². The maximum absolute atomic E-state index is 13.9. The number of urea groups is 1. The molecule has 6 rings (SSSR count). The summed E-state index contributed by atoms with van der Waals surface area (Å²) in [5.74, 6) is -0.364. The summed E-state index contributed by atoms with van der Waals surface area (Å²) in [6, 6.07) is 4.27. The zero-order valence-electron chi connectivity index (χ0n) is 13.8. The Hall–Kier alpha value is -2.25. The van der Waals surface area contributed by atoms with E-state index in [1.807, 2.05) is 0 Å². The number of nitrogens with zero attached hydrogens (tertiary/aromatic N) is 1. The molecule has 130 valence electrons. The van der Waals surface area contributed by atoms with Crippen LogP contribution in [0.3, 0.4) is 0 Å². The van der Waals surface area contributed by atoms with Gasteiger partial charge in [0.05, 0.1) is 30.0 Å². The van der Waals surface area contributed by atoms with E-state index in [1.165, 1.54) is 12.3 Å². The minimum atomic E-state index is -0.409. The molecule has 2 N–H and O–H groups in total. The summed E-state index contributed by atoms with van der Waals surface area (Å²) in [5, 5.41) is 6.94. The standard InChI is InChI=1S/C18H18FN3O3/c1-16-7-17(8-16,18(25-16)9-24-10-18)22-15(23)21-14-3-2-13(19)12-6-20-5-4-11(12)14/h2-6H,7-10H2,1H3,(H2,21,22,23). The number of amides is 2. The molecule has 0 unspecified atom stereocenters. The second kappa shape index (κ2) is 4.68. The number of halogens is 1. The van der Waals surface area contributed by atoms with Crippen molar-refractivity contribution < 1.29 is 18.7 Å². The molecule has 4 aliphatic rings. The molecule has 2 aromatic rings. The summed E-state index contributed by atoms with van der Waals surface area (Å²) in [6.45, 7) is 3.08. The van der Waals surface area contributed by atoms with E-state index in [-0.39, 0.29) is 23.0 Å². The Balaban J connectivity index is 1.40. The van der Waals surface area contributed by atoms with Gasteiger partial charge in [-0.3, -0.25) is 4.98 Å². The molecule has 1 saturated carbocycles. The van der Waals surface area contributed by atoms with Gasteiger partial charge < -0.3 is 20.1 Å². The molecule has 3 aliphatic heterocycles. The van der Waals surface area contributed by atoms with Crippen molar-refractivity contribution in [3.63, 3.8) is 0 Å². The van der Waals surface area contributed by atoms with Crippen molar-refractivity contribution in [3.05, 3.63) is 36.4 Å². The van der Waals surface area contributed by atoms with Gasteiger partial charge in [-0.15, -0.1) is 0 Å². The third kappa shape index (κ3) is 1.96. The van der Waals surface area contributed by atoms with Gasteiger partial charge in [-0.1, -0.05) is 0 Å². The molecule has 1 aliphatic carbocycles. The minimum Gasteiger partial charge on any atom is -0.375 e. The molecule has 0 atom stereocenters. The summed E-state index contributed by atoms with van der Waals surface area (Å²) < 4.78 is 25.4. The number of hydrogen-bond donors (Lipinski definition) is 2. The van der Waals surface area contributed by atoms with Crippen molar-refractivity contribution in [2.75, 3.05) is 18.5 Å². The second-order valence-corrected chi connectivity index (χ2v) is 7.57. The maximum atomic E-state index is 13.9. The molecule has 1 aromatic carbocycles. The van der Waals surface area contributed by atoms with E-state index in [9.17, 15) is 9.18 Å². The number of ether oxygens (including phenoxy) is 2. The summed E-state index contributed by atoms with van der Waals surface area (Å²) in [7, 11) is 0. The molecular weight excluding hydrogens is 325 g/mol. The summed E-state index contributed by atoms with van der Waals surface area (Å²) in [6.07, 6.45) is 4.59. The Labute approximate surface area is 143 Å². The van der Waals surface area contributed by atoms with Gasteiger partial charge in [0.1, 0.15) is 11.4 Å². The number of rotatable bonds is 2. The Kier molecular flexibility index (Phi) is 2.81. The van der Waals surface area contributed by atoms with E-state index in [0.29, 0.717) is 29.7 Å². The van der Waals surface area contributed by atoms with Crippen molar-refractivity contribution in [2.24, 2.45) is 0 Å². The van der Waals surface area contributed by atoms with E-state index < -0.39 is 5.60 Å². The monoisotopic (exact) mass is 343 g/mol. The van der Waals surface area contributed by atoms with E-state index in [4.69, 9.17) is 9.47 Å². The highest BCUT2D eigenvalue weighted by atomic mass is 19.1. The number of fused-ring (bicyclic) bond motifs is 1. The number of carbonyl (C=O) groups excluding carboxylic acids is 1. The van der Waals surface area contributed by atoms with Crippen LogP contribution in [0.1, 0.15) is 19.8 Å². The molecule has 7 heteroatoms. The Morgan fingerprint density at radius 1 is 1.24 bits per heavy atom. The third-order valence-electron chi connectivity index (χ3n) is 5.70. The first-order chi connectivity index (χ1) is 11.9. The first kappa shape index (κ1) is 15.0. The zero-order chi connectivity index (χ0) is 17.3. The lowest BCUT2D eigenvalue weighted by Crippen LogP contribution is -2.71. The largest absolute Gasteiger partial charge is 0.375 e. The summed E-state index contributed by atoms with van der Waals surface area (Å²) >= 11 is 0. The van der Waals surface area contributed by atoms with Crippen molar-refractivity contribution in [1.29, 1.82) is 0 Å². The maximum Gasteiger partial charge on any atom is 0.319 e. The molecule has 1 aromatic heterocycles. The fourth-order valence-corrected chi connectivity index (χ4v) is 4.65. The van der Waals surface area contributed by atoms with Crippen molar-refractivity contribution in [2.45, 2.75) is 36.5 Å². The minimum absolute atomic E-state index is 0.175. The van der Waals surface area contributed by atoms with Crippen molar-refractivity contribution in [3.8, 4) is 0 Å². The molecule has 4 heterocycles. The van der Waals surface area contributed by atoms with Gasteiger partial charge >= 0.3 is 6.03 Å². The van der Waals surface area contributed by atoms with Gasteiger partial charge in [-0.05, 0) is 25.1 Å². The number of benzene rings is 1. The normalized spacial score (nSPS) is 31.4. The first-order valence-corrected chi connectivity index (χ1v) is 8.34. The predicted molar refractivity (Wildman–Crippen MR) is 88.9 cm³/mol. The molecule has 3 saturated heterocycles. The quantitative estimate of drug-likeness (QED) is 0.879. The number of carbonyl (C=O) groups is 1. The topological polar surface area (TPSA) is 72.5 Å². The van der Waals surface area contributed by atoms with E-state index >= 15 is 0 Å². The number of aromatic nitrogens is 1. The molecule has 25 heavy (non-hydrogen) atoms. The lowest BCUT2D eigenvalue weighted by atomic mass is 9.62. The molecule has 0 radical (unpaired) electrons. The highest BCUT2D eigenvalue weighted by molar-refractivity contribution is 6.01. The molecule has 4 fully saturated rings. The zero-order valence-corrected chi connectivity index (χ0v) is 13.8. The molecule has 1 spiro atoms. The number of pyridine rings is 1. The Morgan fingerprint density at radius 2 is 2.04 bits per heavy atom. The number of nitrogens with one attached hydrogen (secondary N) is 2. The molecular formula is C18H18FN3O3. The Morgan fingerprint density at radius 3 is 2.76 bits per heavy atom. The first-order valence-electron chi connectivity index (χ1n) is 8.34. The van der Waals surface area contributed by atoms with E-state index in [0.717, 1.165) is 12.8 Å². The van der Waals surface area contributed by atoms with Crippen molar-refractivity contribution in [1.82, 2.24) is 10.3 Å². The molecule has 6 nitrogen and oxygen atoms in total. The lowest BCUT2D eigenvalue weighted by Gasteiger charge is -2.50. The Bertz CT molecular complexity index is 890. The van der Waals surface area contributed by atoms with Gasteiger partial charge in [0.25, 0.3) is 0 Å². The highest BCUT2D eigenvalue weighted by Crippen LogP contribution is 2.62. The van der Waals surface area contributed by atoms with Crippen LogP contribution in [0.25, 0.3) is 10.8 Å². The van der Waals surface area contributed by atoms with E-state index in [2.05, 4.69) is 22.5 Å². The SMILES string of the molecule is CC12CC(NC(=O)Nc3ccc(F)c4cnccc34)(C1)C1(COC1)O2. The molecule has 2 bridgehead atoms. The van der Waals surface area contributed by atoms with E-state index in [1.54, 1.807) is 18.3 Å². The van der Waals surface area contributed by atoms with Crippen LogP contribution in [0, 0.1) is 5.82 Å². The van der Waals surface area contributed by atoms with Gasteiger partial charge in [0.15, 0.2) is 0 Å². The van der Waals surface area contributed by atoms with Crippen molar-refractivity contribution >= 4 is 22.5 Å². The van der Waals surface area contributed by atoms with Gasteiger partial charge in [0, 0.05) is 36.0 Å². The van der Waals surface area contributed by atoms with Crippen LogP contribution in [-0.4, -0.2) is 41.0 Å². The third-order valence-corrected chi connectivity index (χ3v) is 5.70. The van der Waals surface area contributed by atoms with Gasteiger partial charge in [-0.2, -0.15) is 0 Å². The van der Waals surface area contributed by atoms with Crippen LogP contribution in [0.15, 0.2) is 30.6 Å². The van der Waals surface area contributed by atoms with Gasteiger partial charge in [-0.25, -0.2) is 9.18 Å². The smallest absolute Gasteiger partial charge is 0.319 e. The molecule has 2 amide bonds. The lowest BCUT2D eigenvalue weighted by molar-refractivity contribution is -0.204. The summed E-state index contributed by atoms with van der Waals surface area (Å²) in [4.78, 5) is 16.6. The van der Waals surface area contributed by atoms with Crippen LogP contribution in [0.4, 0.5) is 14.9 Å². The number of anilines is 1. The fraction of sp³-hybridized carbons (Fsp3) is 0.444. The van der Waals surface area contributed by atoms with Crippen LogP contribution < -0.4 is 10.6 Å². The van der Waals surface area contributed by atoms with Gasteiger partial charge in [0.2, 0.25) is 0 Å². The average molecular weight is 343 g/mol. The second-order valence-electron chi connectivity index (χ2n) is 7.57. The summed E-state index contributed by atoms with van der Waals surface area (Å²) in [5.41, 5.74) is -0.423. The highest BCUT2D eigenvalue weighted by Gasteiger charge is 2.76. The van der Waals surface area contributed by atoms with Crippen LogP contribution >= 0.6 is 0 Å². The van der Waals surface area contributed by atoms with Crippen LogP contribution in [0.5, 0.6) is 0 Å².